The molecule has 0 unspecified atom stereocenters. The molecule has 6 nitrogen and oxygen atoms in total. The maximum Gasteiger partial charge on any atom is 0.242 e. The first-order valence-electron chi connectivity index (χ1n) is 12.1. The average molecular weight is 487 g/mol. The van der Waals surface area contributed by atoms with E-state index in [9.17, 15) is 9.59 Å². The van der Waals surface area contributed by atoms with Gasteiger partial charge in [0.25, 0.3) is 0 Å². The van der Waals surface area contributed by atoms with Crippen LogP contribution >= 0.6 is 11.6 Å². The summed E-state index contributed by atoms with van der Waals surface area (Å²) < 4.78 is 11.0. The monoisotopic (exact) mass is 486 g/mol. The van der Waals surface area contributed by atoms with Crippen molar-refractivity contribution < 1.29 is 19.1 Å². The second-order valence-corrected chi connectivity index (χ2v) is 9.23. The van der Waals surface area contributed by atoms with Crippen molar-refractivity contribution in [2.45, 2.75) is 70.5 Å². The van der Waals surface area contributed by atoms with Crippen LogP contribution in [0.25, 0.3) is 0 Å². The van der Waals surface area contributed by atoms with Gasteiger partial charge in [-0.15, -0.1) is 0 Å². The number of ether oxygens (including phenoxy) is 2. The highest BCUT2D eigenvalue weighted by Crippen LogP contribution is 2.20. The van der Waals surface area contributed by atoms with Crippen molar-refractivity contribution in [2.24, 2.45) is 0 Å². The maximum atomic E-state index is 13.2. The van der Waals surface area contributed by atoms with Crippen molar-refractivity contribution in [1.82, 2.24) is 10.2 Å². The van der Waals surface area contributed by atoms with Crippen LogP contribution in [0.15, 0.2) is 48.5 Å². The number of benzene rings is 2. The van der Waals surface area contributed by atoms with Gasteiger partial charge in [0.2, 0.25) is 11.8 Å². The van der Waals surface area contributed by atoms with E-state index < -0.39 is 6.04 Å². The Morgan fingerprint density at radius 1 is 1.03 bits per heavy atom. The molecule has 1 aliphatic carbocycles. The Morgan fingerprint density at radius 3 is 2.32 bits per heavy atom. The van der Waals surface area contributed by atoms with Crippen molar-refractivity contribution in [1.29, 1.82) is 0 Å². The summed E-state index contributed by atoms with van der Waals surface area (Å²) in [6.45, 7) is 2.58. The molecule has 0 saturated heterocycles. The molecule has 1 aliphatic rings. The smallest absolute Gasteiger partial charge is 0.242 e. The van der Waals surface area contributed by atoms with Gasteiger partial charge >= 0.3 is 0 Å². The third-order valence-electron chi connectivity index (χ3n) is 6.25. The van der Waals surface area contributed by atoms with E-state index in [-0.39, 0.29) is 17.9 Å². The Labute approximate surface area is 207 Å². The molecule has 0 spiro atoms. The van der Waals surface area contributed by atoms with E-state index >= 15 is 0 Å². The quantitative estimate of drug-likeness (QED) is 0.433. The van der Waals surface area contributed by atoms with Gasteiger partial charge in [-0.05, 0) is 68.1 Å². The number of nitrogens with one attached hydrogen (secondary N) is 1. The minimum atomic E-state index is -0.561. The average Bonchev–Trinajstić information content (AvgIpc) is 2.86. The minimum absolute atomic E-state index is 0.0678. The van der Waals surface area contributed by atoms with Gasteiger partial charge in [0.05, 0.1) is 13.7 Å². The van der Waals surface area contributed by atoms with Gasteiger partial charge in [0.15, 0.2) is 0 Å². The first kappa shape index (κ1) is 25.9. The predicted octanol–water partition coefficient (Wildman–Crippen LogP) is 5.37. The summed E-state index contributed by atoms with van der Waals surface area (Å²) in [7, 11) is 1.62. The summed E-state index contributed by atoms with van der Waals surface area (Å²) in [4.78, 5) is 27.9. The summed E-state index contributed by atoms with van der Waals surface area (Å²) in [6.07, 6.45) is 6.37. The minimum Gasteiger partial charge on any atom is -0.497 e. The molecular formula is C27H35ClN2O4. The van der Waals surface area contributed by atoms with Crippen LogP contribution in [0.4, 0.5) is 0 Å². The highest BCUT2D eigenvalue weighted by Gasteiger charge is 2.27. The lowest BCUT2D eigenvalue weighted by molar-refractivity contribution is -0.141. The molecule has 184 valence electrons. The number of carbonyl (C=O) groups excluding carboxylic acids is 2. The Bertz CT molecular complexity index is 911. The van der Waals surface area contributed by atoms with Gasteiger partial charge < -0.3 is 19.7 Å². The predicted molar refractivity (Wildman–Crippen MR) is 134 cm³/mol. The van der Waals surface area contributed by atoms with E-state index in [0.29, 0.717) is 36.8 Å². The van der Waals surface area contributed by atoms with Gasteiger partial charge in [0, 0.05) is 24.0 Å². The molecular weight excluding hydrogens is 452 g/mol. The third-order valence-corrected chi connectivity index (χ3v) is 6.50. The van der Waals surface area contributed by atoms with Crippen LogP contribution in [0.3, 0.4) is 0 Å². The van der Waals surface area contributed by atoms with Crippen LogP contribution in [0.5, 0.6) is 11.5 Å². The molecule has 3 rings (SSSR count). The largest absolute Gasteiger partial charge is 0.497 e. The topological polar surface area (TPSA) is 67.9 Å². The first-order chi connectivity index (χ1) is 16.5. The van der Waals surface area contributed by atoms with Crippen LogP contribution in [-0.4, -0.2) is 42.5 Å². The Morgan fingerprint density at radius 2 is 1.68 bits per heavy atom. The van der Waals surface area contributed by atoms with E-state index in [0.717, 1.165) is 37.0 Å². The molecule has 0 bridgehead atoms. The van der Waals surface area contributed by atoms with Gasteiger partial charge in [0.1, 0.15) is 17.5 Å². The van der Waals surface area contributed by atoms with Crippen molar-refractivity contribution in [3.63, 3.8) is 0 Å². The molecule has 2 amide bonds. The van der Waals surface area contributed by atoms with Gasteiger partial charge in [-0.2, -0.15) is 0 Å². The fraction of sp³-hybridized carbons (Fsp3) is 0.481. The Hall–Kier alpha value is -2.73. The number of hydrogen-bond acceptors (Lipinski definition) is 4. The lowest BCUT2D eigenvalue weighted by atomic mass is 9.95. The van der Waals surface area contributed by atoms with E-state index in [1.165, 1.54) is 6.42 Å². The van der Waals surface area contributed by atoms with E-state index in [4.69, 9.17) is 21.1 Å². The van der Waals surface area contributed by atoms with Crippen LogP contribution in [0, 0.1) is 0 Å². The molecule has 1 atom stereocenters. The maximum absolute atomic E-state index is 13.2. The Kier molecular flexibility index (Phi) is 10.1. The number of nitrogens with zero attached hydrogens (tertiary/aromatic N) is 1. The normalized spacial score (nSPS) is 14.8. The Balaban J connectivity index is 1.60. The molecule has 1 N–H and O–H groups in total. The lowest BCUT2D eigenvalue weighted by Crippen LogP contribution is -2.50. The van der Waals surface area contributed by atoms with Crippen LogP contribution < -0.4 is 14.8 Å². The highest BCUT2D eigenvalue weighted by molar-refractivity contribution is 6.30. The van der Waals surface area contributed by atoms with Crippen LogP contribution in [0.1, 0.15) is 57.4 Å². The van der Waals surface area contributed by atoms with E-state index in [1.54, 1.807) is 36.3 Å². The molecule has 34 heavy (non-hydrogen) atoms. The fourth-order valence-corrected chi connectivity index (χ4v) is 4.29. The molecule has 1 saturated carbocycles. The molecule has 2 aromatic carbocycles. The number of hydrogen-bond donors (Lipinski definition) is 1. The van der Waals surface area contributed by atoms with Crippen molar-refractivity contribution in [2.75, 3.05) is 13.7 Å². The number of methoxy groups -OCH3 is 1. The zero-order valence-electron chi connectivity index (χ0n) is 20.1. The second kappa shape index (κ2) is 13.2. The van der Waals surface area contributed by atoms with E-state index in [2.05, 4.69) is 5.32 Å². The highest BCUT2D eigenvalue weighted by atomic mass is 35.5. The van der Waals surface area contributed by atoms with Crippen molar-refractivity contribution in [3.05, 3.63) is 59.1 Å². The molecule has 2 aromatic rings. The summed E-state index contributed by atoms with van der Waals surface area (Å²) in [6, 6.07) is 14.4. The number of carbonyl (C=O) groups is 2. The third kappa shape index (κ3) is 7.94. The zero-order chi connectivity index (χ0) is 24.3. The first-order valence-corrected chi connectivity index (χ1v) is 12.4. The molecule has 0 radical (unpaired) electrons. The zero-order valence-corrected chi connectivity index (χ0v) is 20.9. The van der Waals surface area contributed by atoms with Crippen molar-refractivity contribution >= 4 is 23.4 Å². The van der Waals surface area contributed by atoms with Crippen molar-refractivity contribution in [3.8, 4) is 11.5 Å². The number of amides is 2. The summed E-state index contributed by atoms with van der Waals surface area (Å²) in [5.41, 5.74) is 0.948. The summed E-state index contributed by atoms with van der Waals surface area (Å²) in [5, 5.41) is 3.81. The SMILES string of the molecule is COc1ccc(CN(C(=O)CCCOc2ccc(Cl)cc2)[C@H](C)C(=O)NC2CCCCC2)cc1. The summed E-state index contributed by atoms with van der Waals surface area (Å²) >= 11 is 5.90. The second-order valence-electron chi connectivity index (χ2n) is 8.80. The molecule has 0 aliphatic heterocycles. The molecule has 1 fully saturated rings. The van der Waals surface area contributed by atoms with Crippen LogP contribution in [-0.2, 0) is 16.1 Å². The molecule has 7 heteroatoms. The summed E-state index contributed by atoms with van der Waals surface area (Å²) in [5.74, 6) is 1.31. The van der Waals surface area contributed by atoms with Crippen LogP contribution in [0.2, 0.25) is 5.02 Å². The van der Waals surface area contributed by atoms with Gasteiger partial charge in [-0.3, -0.25) is 9.59 Å². The number of rotatable bonds is 11. The fourth-order valence-electron chi connectivity index (χ4n) is 4.17. The lowest BCUT2D eigenvalue weighted by Gasteiger charge is -2.31. The van der Waals surface area contributed by atoms with E-state index in [1.807, 2.05) is 31.2 Å². The standard InChI is InChI=1S/C27H35ClN2O4/c1-20(27(32)29-23-7-4-3-5-8-23)30(19-21-10-14-24(33-2)15-11-21)26(31)9-6-18-34-25-16-12-22(28)13-17-25/h10-17,20,23H,3-9,18-19H2,1-2H3,(H,29,32)/t20-/m1/s1. The number of halogens is 1. The van der Waals surface area contributed by atoms with Gasteiger partial charge in [-0.1, -0.05) is 43.0 Å². The van der Waals surface area contributed by atoms with Gasteiger partial charge in [-0.25, -0.2) is 0 Å². The molecule has 0 aromatic heterocycles. The molecule has 0 heterocycles.